The van der Waals surface area contributed by atoms with E-state index in [9.17, 15) is 0 Å². The van der Waals surface area contributed by atoms with Crippen LogP contribution in [0.15, 0.2) is 22.7 Å². The molecule has 2 aliphatic heterocycles. The van der Waals surface area contributed by atoms with Crippen LogP contribution in [0, 0.1) is 0 Å². The van der Waals surface area contributed by atoms with Crippen molar-refractivity contribution >= 4 is 33.2 Å². The van der Waals surface area contributed by atoms with Crippen molar-refractivity contribution in [2.45, 2.75) is 50.7 Å². The fourth-order valence-electron chi connectivity index (χ4n) is 3.72. The molecule has 0 amide bonds. The van der Waals surface area contributed by atoms with E-state index >= 15 is 0 Å². The van der Waals surface area contributed by atoms with Gasteiger partial charge in [0.1, 0.15) is 0 Å². The van der Waals surface area contributed by atoms with E-state index in [0.717, 1.165) is 16.0 Å². The predicted molar refractivity (Wildman–Crippen MR) is 85.1 cm³/mol. The van der Waals surface area contributed by atoms with Gasteiger partial charge >= 0.3 is 0 Å². The first-order valence-corrected chi connectivity index (χ1v) is 8.33. The van der Waals surface area contributed by atoms with Crippen LogP contribution in [0.3, 0.4) is 0 Å². The van der Waals surface area contributed by atoms with E-state index in [1.807, 2.05) is 6.07 Å². The zero-order chi connectivity index (χ0) is 13.4. The molecule has 2 atom stereocenters. The maximum absolute atomic E-state index is 6.43. The summed E-state index contributed by atoms with van der Waals surface area (Å²) in [5.74, 6) is 0. The molecule has 2 saturated heterocycles. The molecule has 2 nitrogen and oxygen atoms in total. The van der Waals surface area contributed by atoms with Gasteiger partial charge in [-0.2, -0.15) is 0 Å². The second-order valence-electron chi connectivity index (χ2n) is 5.61. The smallest absolute Gasteiger partial charge is 0.0650 e. The van der Waals surface area contributed by atoms with Crippen LogP contribution in [-0.4, -0.2) is 24.7 Å². The molecule has 2 fully saturated rings. The van der Waals surface area contributed by atoms with E-state index in [2.05, 4.69) is 45.2 Å². The summed E-state index contributed by atoms with van der Waals surface area (Å²) < 4.78 is 1.05. The third-order valence-electron chi connectivity index (χ3n) is 4.41. The molecule has 0 aromatic heterocycles. The lowest BCUT2D eigenvalue weighted by Crippen LogP contribution is -2.49. The standard InChI is InChI=1S/C15H20BrClN2/c1-2-18-11-8-12-4-5-13(9-11)19(12)15-6-3-10(16)7-14(15)17/h3,6-7,11-13,18H,2,4-5,8-9H2,1H3. The van der Waals surface area contributed by atoms with Crippen LogP contribution < -0.4 is 10.2 Å². The third kappa shape index (κ3) is 2.65. The summed E-state index contributed by atoms with van der Waals surface area (Å²) >= 11 is 9.91. The Labute approximate surface area is 128 Å². The van der Waals surface area contributed by atoms with E-state index in [1.165, 1.54) is 31.4 Å². The predicted octanol–water partition coefficient (Wildman–Crippen LogP) is 4.21. The first-order valence-electron chi connectivity index (χ1n) is 7.15. The number of piperidine rings is 1. The number of halogens is 2. The lowest BCUT2D eigenvalue weighted by atomic mass is 9.96. The maximum atomic E-state index is 6.43. The van der Waals surface area contributed by atoms with Gasteiger partial charge in [-0.1, -0.05) is 34.5 Å². The summed E-state index contributed by atoms with van der Waals surface area (Å²) in [6.07, 6.45) is 5.10. The Morgan fingerprint density at radius 3 is 2.58 bits per heavy atom. The Hall–Kier alpha value is -0.250. The van der Waals surface area contributed by atoms with Gasteiger partial charge in [-0.25, -0.2) is 0 Å². The highest BCUT2D eigenvalue weighted by molar-refractivity contribution is 9.10. The molecule has 2 bridgehead atoms. The van der Waals surface area contributed by atoms with E-state index < -0.39 is 0 Å². The molecule has 0 radical (unpaired) electrons. The third-order valence-corrected chi connectivity index (χ3v) is 5.21. The number of benzene rings is 1. The fourth-order valence-corrected chi connectivity index (χ4v) is 4.49. The molecule has 1 aromatic rings. The average molecular weight is 344 g/mol. The molecule has 0 aliphatic carbocycles. The van der Waals surface area contributed by atoms with Crippen molar-refractivity contribution in [3.05, 3.63) is 27.7 Å². The lowest BCUT2D eigenvalue weighted by Gasteiger charge is -2.41. The minimum Gasteiger partial charge on any atom is -0.364 e. The fraction of sp³-hybridized carbons (Fsp3) is 0.600. The van der Waals surface area contributed by atoms with Crippen molar-refractivity contribution in [3.8, 4) is 0 Å². The summed E-state index contributed by atoms with van der Waals surface area (Å²) in [7, 11) is 0. The Bertz CT molecular complexity index is 451. The minimum absolute atomic E-state index is 0.654. The summed E-state index contributed by atoms with van der Waals surface area (Å²) in [6.45, 7) is 3.27. The van der Waals surface area contributed by atoms with Gasteiger partial charge in [0, 0.05) is 22.6 Å². The van der Waals surface area contributed by atoms with Crippen molar-refractivity contribution in [2.75, 3.05) is 11.4 Å². The van der Waals surface area contributed by atoms with Gasteiger partial charge in [0.15, 0.2) is 0 Å². The van der Waals surface area contributed by atoms with Gasteiger partial charge < -0.3 is 10.2 Å². The minimum atomic E-state index is 0.654. The molecule has 1 aromatic carbocycles. The van der Waals surface area contributed by atoms with Crippen molar-refractivity contribution < 1.29 is 0 Å². The van der Waals surface area contributed by atoms with Crippen LogP contribution in [0.4, 0.5) is 5.69 Å². The average Bonchev–Trinajstić information content (AvgIpc) is 2.63. The van der Waals surface area contributed by atoms with Gasteiger partial charge in [-0.05, 0) is 50.4 Å². The van der Waals surface area contributed by atoms with Crippen LogP contribution in [0.2, 0.25) is 5.02 Å². The van der Waals surface area contributed by atoms with Gasteiger partial charge in [-0.15, -0.1) is 0 Å². The zero-order valence-electron chi connectivity index (χ0n) is 11.2. The van der Waals surface area contributed by atoms with Crippen LogP contribution in [0.1, 0.15) is 32.6 Å². The largest absolute Gasteiger partial charge is 0.364 e. The number of nitrogens with one attached hydrogen (secondary N) is 1. The molecular weight excluding hydrogens is 324 g/mol. The van der Waals surface area contributed by atoms with Gasteiger partial charge in [0.2, 0.25) is 0 Å². The zero-order valence-corrected chi connectivity index (χ0v) is 13.5. The molecule has 0 saturated carbocycles. The molecule has 104 valence electrons. The number of anilines is 1. The first kappa shape index (κ1) is 13.7. The van der Waals surface area contributed by atoms with E-state index in [4.69, 9.17) is 11.6 Å². The van der Waals surface area contributed by atoms with Gasteiger partial charge in [-0.3, -0.25) is 0 Å². The number of hydrogen-bond acceptors (Lipinski definition) is 2. The highest BCUT2D eigenvalue weighted by Crippen LogP contribution is 2.42. The summed E-state index contributed by atoms with van der Waals surface area (Å²) in [5.41, 5.74) is 1.22. The lowest BCUT2D eigenvalue weighted by molar-refractivity contribution is 0.361. The summed E-state index contributed by atoms with van der Waals surface area (Å²) in [6, 6.07) is 8.26. The molecule has 3 rings (SSSR count). The molecule has 2 heterocycles. The normalized spacial score (nSPS) is 29.8. The monoisotopic (exact) mass is 342 g/mol. The SMILES string of the molecule is CCNC1CC2CCC(C1)N2c1ccc(Br)cc1Cl. The number of nitrogens with zero attached hydrogens (tertiary/aromatic N) is 1. The van der Waals surface area contributed by atoms with E-state index in [-0.39, 0.29) is 0 Å². The summed E-state index contributed by atoms with van der Waals surface area (Å²) in [5, 5.41) is 4.48. The Morgan fingerprint density at radius 2 is 2.00 bits per heavy atom. The Morgan fingerprint density at radius 1 is 1.32 bits per heavy atom. The van der Waals surface area contributed by atoms with Crippen LogP contribution in [-0.2, 0) is 0 Å². The molecular formula is C15H20BrClN2. The molecule has 0 spiro atoms. The highest BCUT2D eigenvalue weighted by Gasteiger charge is 2.41. The summed E-state index contributed by atoms with van der Waals surface area (Å²) in [4.78, 5) is 2.57. The van der Waals surface area contributed by atoms with Crippen molar-refractivity contribution in [1.82, 2.24) is 5.32 Å². The number of hydrogen-bond donors (Lipinski definition) is 1. The highest BCUT2D eigenvalue weighted by atomic mass is 79.9. The van der Waals surface area contributed by atoms with Gasteiger partial charge in [0.25, 0.3) is 0 Å². The van der Waals surface area contributed by atoms with E-state index in [0.29, 0.717) is 18.1 Å². The molecule has 19 heavy (non-hydrogen) atoms. The van der Waals surface area contributed by atoms with E-state index in [1.54, 1.807) is 0 Å². The van der Waals surface area contributed by atoms with Crippen LogP contribution >= 0.6 is 27.5 Å². The Balaban J connectivity index is 1.83. The van der Waals surface area contributed by atoms with Gasteiger partial charge in [0.05, 0.1) is 10.7 Å². The van der Waals surface area contributed by atoms with Crippen molar-refractivity contribution in [3.63, 3.8) is 0 Å². The van der Waals surface area contributed by atoms with Crippen molar-refractivity contribution in [1.29, 1.82) is 0 Å². The maximum Gasteiger partial charge on any atom is 0.0650 e. The van der Waals surface area contributed by atoms with Crippen LogP contribution in [0.5, 0.6) is 0 Å². The number of fused-ring (bicyclic) bond motifs is 2. The first-order chi connectivity index (χ1) is 9.19. The van der Waals surface area contributed by atoms with Crippen molar-refractivity contribution in [2.24, 2.45) is 0 Å². The second-order valence-corrected chi connectivity index (χ2v) is 6.94. The molecule has 2 unspecified atom stereocenters. The molecule has 2 aliphatic rings. The molecule has 4 heteroatoms. The van der Waals surface area contributed by atoms with Crippen LogP contribution in [0.25, 0.3) is 0 Å². The molecule has 1 N–H and O–H groups in total. The topological polar surface area (TPSA) is 15.3 Å². The number of rotatable bonds is 3. The quantitative estimate of drug-likeness (QED) is 0.884. The second kappa shape index (κ2) is 5.63. The Kier molecular flexibility index (Phi) is 4.06.